The fraction of sp³-hybridized carbons (Fsp3) is 0.929. The molecule has 2 fully saturated rings. The second-order valence-electron chi connectivity index (χ2n) is 5.80. The normalized spacial score (nSPS) is 27.4. The molecule has 0 aromatic rings. The average Bonchev–Trinajstić information content (AvgIpc) is 2.88. The van der Waals surface area contributed by atoms with Crippen molar-refractivity contribution >= 4 is 5.91 Å². The molecule has 110 valence electrons. The summed E-state index contributed by atoms with van der Waals surface area (Å²) in [4.78, 5) is 14.2. The van der Waals surface area contributed by atoms with Crippen molar-refractivity contribution in [1.29, 1.82) is 0 Å². The van der Waals surface area contributed by atoms with E-state index >= 15 is 0 Å². The Balaban J connectivity index is 1.86. The van der Waals surface area contributed by atoms with E-state index in [4.69, 9.17) is 0 Å². The molecule has 0 radical (unpaired) electrons. The minimum atomic E-state index is -2.55. The highest BCUT2D eigenvalue weighted by Gasteiger charge is 2.38. The molecule has 5 heteroatoms. The zero-order valence-electron chi connectivity index (χ0n) is 11.6. The van der Waals surface area contributed by atoms with Crippen LogP contribution in [-0.2, 0) is 4.79 Å². The van der Waals surface area contributed by atoms with Gasteiger partial charge < -0.3 is 10.2 Å². The number of carbonyl (C=O) groups is 1. The summed E-state index contributed by atoms with van der Waals surface area (Å²) in [5.41, 5.74) is 0. The minimum Gasteiger partial charge on any atom is -0.341 e. The maximum atomic E-state index is 13.1. The van der Waals surface area contributed by atoms with Crippen LogP contribution in [0.25, 0.3) is 0 Å². The van der Waals surface area contributed by atoms with Crippen LogP contribution in [0.5, 0.6) is 0 Å². The predicted octanol–water partition coefficient (Wildman–Crippen LogP) is 2.41. The van der Waals surface area contributed by atoms with E-state index in [1.165, 1.54) is 0 Å². The third kappa shape index (κ3) is 3.88. The molecule has 1 heterocycles. The van der Waals surface area contributed by atoms with Crippen molar-refractivity contribution in [1.82, 2.24) is 10.2 Å². The molecule has 2 aliphatic rings. The third-order valence-corrected chi connectivity index (χ3v) is 4.36. The van der Waals surface area contributed by atoms with Gasteiger partial charge in [-0.2, -0.15) is 0 Å². The van der Waals surface area contributed by atoms with E-state index in [9.17, 15) is 13.6 Å². The lowest BCUT2D eigenvalue weighted by Crippen LogP contribution is -2.44. The molecule has 0 aromatic heterocycles. The molecule has 3 nitrogen and oxygen atoms in total. The van der Waals surface area contributed by atoms with E-state index in [-0.39, 0.29) is 24.7 Å². The fourth-order valence-electron chi connectivity index (χ4n) is 3.10. The van der Waals surface area contributed by atoms with E-state index in [1.807, 2.05) is 11.8 Å². The van der Waals surface area contributed by atoms with Crippen molar-refractivity contribution in [3.63, 3.8) is 0 Å². The van der Waals surface area contributed by atoms with Gasteiger partial charge in [0.1, 0.15) is 0 Å². The van der Waals surface area contributed by atoms with Crippen molar-refractivity contribution in [2.24, 2.45) is 5.92 Å². The van der Waals surface area contributed by atoms with Gasteiger partial charge in [0.2, 0.25) is 11.8 Å². The maximum Gasteiger partial charge on any atom is 0.248 e. The lowest BCUT2D eigenvalue weighted by Gasteiger charge is -2.32. The zero-order valence-corrected chi connectivity index (χ0v) is 11.6. The number of halogens is 2. The van der Waals surface area contributed by atoms with Gasteiger partial charge in [0, 0.05) is 37.9 Å². The van der Waals surface area contributed by atoms with Crippen LogP contribution in [0.3, 0.4) is 0 Å². The van der Waals surface area contributed by atoms with Crippen molar-refractivity contribution in [2.75, 3.05) is 19.6 Å². The first-order valence-electron chi connectivity index (χ1n) is 7.42. The number of rotatable bonds is 4. The van der Waals surface area contributed by atoms with Gasteiger partial charge >= 0.3 is 0 Å². The smallest absolute Gasteiger partial charge is 0.248 e. The van der Waals surface area contributed by atoms with E-state index in [2.05, 4.69) is 5.32 Å². The van der Waals surface area contributed by atoms with Crippen LogP contribution in [0.15, 0.2) is 0 Å². The molecule has 1 unspecified atom stereocenters. The highest BCUT2D eigenvalue weighted by molar-refractivity contribution is 5.79. The van der Waals surface area contributed by atoms with Crippen LogP contribution in [0.2, 0.25) is 0 Å². The number of likely N-dealkylation sites (N-methyl/N-ethyl adjacent to an activating group) is 1. The standard InChI is InChI=1S/C14H24F2N2O/c1-2-18(10-12-4-3-9-17-12)13(19)11-5-7-14(15,16)8-6-11/h11-12,17H,2-10H2,1H3. The molecule has 1 aliphatic carbocycles. The summed E-state index contributed by atoms with van der Waals surface area (Å²) < 4.78 is 26.2. The van der Waals surface area contributed by atoms with E-state index < -0.39 is 5.92 Å². The number of hydrogen-bond donors (Lipinski definition) is 1. The molecular formula is C14H24F2N2O. The molecule has 1 amide bonds. The van der Waals surface area contributed by atoms with E-state index in [0.717, 1.165) is 25.9 Å². The molecule has 1 aliphatic heterocycles. The summed E-state index contributed by atoms with van der Waals surface area (Å²) in [6, 6.07) is 0.383. The number of nitrogens with zero attached hydrogens (tertiary/aromatic N) is 1. The molecular weight excluding hydrogens is 250 g/mol. The second kappa shape index (κ2) is 6.16. The molecule has 1 atom stereocenters. The first kappa shape index (κ1) is 14.7. The molecule has 19 heavy (non-hydrogen) atoms. The van der Waals surface area contributed by atoms with Gasteiger partial charge in [0.15, 0.2) is 0 Å². The first-order valence-corrected chi connectivity index (χ1v) is 7.42. The monoisotopic (exact) mass is 274 g/mol. The fourth-order valence-corrected chi connectivity index (χ4v) is 3.10. The van der Waals surface area contributed by atoms with Crippen molar-refractivity contribution in [3.8, 4) is 0 Å². The third-order valence-electron chi connectivity index (χ3n) is 4.36. The maximum absolute atomic E-state index is 13.1. The van der Waals surface area contributed by atoms with Crippen LogP contribution in [0, 0.1) is 5.92 Å². The lowest BCUT2D eigenvalue weighted by molar-refractivity contribution is -0.139. The minimum absolute atomic E-state index is 0.0756. The van der Waals surface area contributed by atoms with Crippen molar-refractivity contribution in [3.05, 3.63) is 0 Å². The SMILES string of the molecule is CCN(CC1CCCN1)C(=O)C1CCC(F)(F)CC1. The van der Waals surface area contributed by atoms with Crippen molar-refractivity contribution in [2.45, 2.75) is 57.4 Å². The average molecular weight is 274 g/mol. The second-order valence-corrected chi connectivity index (χ2v) is 5.80. The van der Waals surface area contributed by atoms with Gasteiger partial charge in [-0.25, -0.2) is 8.78 Å². The van der Waals surface area contributed by atoms with Crippen LogP contribution < -0.4 is 5.32 Å². The van der Waals surface area contributed by atoms with Crippen LogP contribution in [0.4, 0.5) is 8.78 Å². The Hall–Kier alpha value is -0.710. The topological polar surface area (TPSA) is 32.3 Å². The Morgan fingerprint density at radius 3 is 2.53 bits per heavy atom. The number of alkyl halides is 2. The van der Waals surface area contributed by atoms with Gasteiger partial charge in [0.05, 0.1) is 0 Å². The van der Waals surface area contributed by atoms with Gasteiger partial charge in [-0.15, -0.1) is 0 Å². The Labute approximate surface area is 113 Å². The molecule has 2 rings (SSSR count). The molecule has 1 N–H and O–H groups in total. The first-order chi connectivity index (χ1) is 9.02. The summed E-state index contributed by atoms with van der Waals surface area (Å²) in [5.74, 6) is -2.67. The molecule has 0 bridgehead atoms. The molecule has 0 spiro atoms. The molecule has 0 aromatic carbocycles. The Morgan fingerprint density at radius 1 is 1.32 bits per heavy atom. The van der Waals surface area contributed by atoms with Gasteiger partial charge in [-0.1, -0.05) is 0 Å². The Kier molecular flexibility index (Phi) is 4.76. The number of carbonyl (C=O) groups excluding carboxylic acids is 1. The Morgan fingerprint density at radius 2 is 2.00 bits per heavy atom. The summed E-state index contributed by atoms with van der Waals surface area (Å²) in [5, 5.41) is 3.38. The highest BCUT2D eigenvalue weighted by Crippen LogP contribution is 2.36. The summed E-state index contributed by atoms with van der Waals surface area (Å²) in [7, 11) is 0. The van der Waals surface area contributed by atoms with E-state index in [0.29, 0.717) is 25.4 Å². The summed E-state index contributed by atoms with van der Waals surface area (Å²) >= 11 is 0. The van der Waals surface area contributed by atoms with Gasteiger partial charge in [-0.05, 0) is 39.2 Å². The van der Waals surface area contributed by atoms with Crippen molar-refractivity contribution < 1.29 is 13.6 Å². The number of hydrogen-bond acceptors (Lipinski definition) is 2. The quantitative estimate of drug-likeness (QED) is 0.854. The van der Waals surface area contributed by atoms with Gasteiger partial charge in [0.25, 0.3) is 0 Å². The predicted molar refractivity (Wildman–Crippen MR) is 70.2 cm³/mol. The van der Waals surface area contributed by atoms with Crippen LogP contribution >= 0.6 is 0 Å². The molecule has 1 saturated heterocycles. The number of amides is 1. The summed E-state index contributed by atoms with van der Waals surface area (Å²) in [6.45, 7) is 4.38. The van der Waals surface area contributed by atoms with Crippen LogP contribution in [-0.4, -0.2) is 42.4 Å². The molecule has 1 saturated carbocycles. The number of nitrogens with one attached hydrogen (secondary N) is 1. The summed E-state index contributed by atoms with van der Waals surface area (Å²) in [6.07, 6.45) is 2.66. The largest absolute Gasteiger partial charge is 0.341 e. The lowest BCUT2D eigenvalue weighted by atomic mass is 9.86. The van der Waals surface area contributed by atoms with Gasteiger partial charge in [-0.3, -0.25) is 4.79 Å². The van der Waals surface area contributed by atoms with E-state index in [1.54, 1.807) is 0 Å². The Bertz CT molecular complexity index is 307. The zero-order chi connectivity index (χ0) is 13.9. The highest BCUT2D eigenvalue weighted by atomic mass is 19.3. The van der Waals surface area contributed by atoms with Crippen LogP contribution in [0.1, 0.15) is 45.4 Å².